The Bertz CT molecular complexity index is 721. The molecule has 1 aliphatic rings. The standard InChI is InChI=1S/C14H16ClNO5S/c1-8-4-10(14(18)21-3)5-9(2)13(8)16-7-11(6-12(16)17)22(15,19)20/h4-5,11H,6-7H2,1-3H3. The topological polar surface area (TPSA) is 80.8 Å². The molecular weight excluding hydrogens is 330 g/mol. The van der Waals surface area contributed by atoms with Crippen LogP contribution < -0.4 is 4.90 Å². The predicted molar refractivity (Wildman–Crippen MR) is 82.8 cm³/mol. The zero-order valence-corrected chi connectivity index (χ0v) is 14.0. The first-order valence-electron chi connectivity index (χ1n) is 6.58. The SMILES string of the molecule is COC(=O)c1cc(C)c(N2CC(S(=O)(=O)Cl)CC2=O)c(C)c1. The van der Waals surface area contributed by atoms with Gasteiger partial charge in [0.15, 0.2) is 0 Å². The molecule has 1 unspecified atom stereocenters. The van der Waals surface area contributed by atoms with Crippen LogP contribution in [0.15, 0.2) is 12.1 Å². The first-order chi connectivity index (χ1) is 10.1. The lowest BCUT2D eigenvalue weighted by molar-refractivity contribution is -0.117. The monoisotopic (exact) mass is 345 g/mol. The van der Waals surface area contributed by atoms with Crippen LogP contribution in [0.25, 0.3) is 0 Å². The van der Waals surface area contributed by atoms with E-state index >= 15 is 0 Å². The fourth-order valence-electron chi connectivity index (χ4n) is 2.70. The summed E-state index contributed by atoms with van der Waals surface area (Å²) in [5.41, 5.74) is 2.39. The fourth-order valence-corrected chi connectivity index (χ4v) is 3.72. The van der Waals surface area contributed by atoms with E-state index in [1.807, 2.05) is 0 Å². The van der Waals surface area contributed by atoms with Crippen molar-refractivity contribution in [3.63, 3.8) is 0 Å². The third kappa shape index (κ3) is 3.10. The molecular formula is C14H16ClNO5S. The van der Waals surface area contributed by atoms with E-state index < -0.39 is 20.3 Å². The molecule has 1 aromatic carbocycles. The number of hydrogen-bond acceptors (Lipinski definition) is 5. The molecule has 1 amide bonds. The lowest BCUT2D eigenvalue weighted by atomic mass is 10.0. The number of methoxy groups -OCH3 is 1. The number of ether oxygens (including phenoxy) is 1. The molecule has 120 valence electrons. The molecule has 0 radical (unpaired) electrons. The number of carbonyl (C=O) groups is 2. The van der Waals surface area contributed by atoms with Gasteiger partial charge in [-0.25, -0.2) is 13.2 Å². The Morgan fingerprint density at radius 2 is 1.86 bits per heavy atom. The first-order valence-corrected chi connectivity index (χ1v) is 8.95. The summed E-state index contributed by atoms with van der Waals surface area (Å²) in [6, 6.07) is 3.23. The van der Waals surface area contributed by atoms with Crippen molar-refractivity contribution in [3.05, 3.63) is 28.8 Å². The minimum Gasteiger partial charge on any atom is -0.465 e. The zero-order valence-electron chi connectivity index (χ0n) is 12.4. The van der Waals surface area contributed by atoms with Crippen molar-refractivity contribution in [2.75, 3.05) is 18.6 Å². The van der Waals surface area contributed by atoms with Gasteiger partial charge < -0.3 is 9.64 Å². The molecule has 1 heterocycles. The lowest BCUT2D eigenvalue weighted by Gasteiger charge is -2.22. The van der Waals surface area contributed by atoms with Gasteiger partial charge in [-0.3, -0.25) is 4.79 Å². The summed E-state index contributed by atoms with van der Waals surface area (Å²) < 4.78 is 27.5. The van der Waals surface area contributed by atoms with E-state index in [0.717, 1.165) is 0 Å². The maximum atomic E-state index is 12.1. The largest absolute Gasteiger partial charge is 0.465 e. The van der Waals surface area contributed by atoms with E-state index in [1.165, 1.54) is 12.0 Å². The molecule has 1 aliphatic heterocycles. The van der Waals surface area contributed by atoms with Crippen molar-refractivity contribution >= 4 is 37.3 Å². The van der Waals surface area contributed by atoms with E-state index in [4.69, 9.17) is 10.7 Å². The summed E-state index contributed by atoms with van der Waals surface area (Å²) in [6.07, 6.45) is -0.135. The number of anilines is 1. The minimum atomic E-state index is -3.79. The first kappa shape index (κ1) is 16.8. The van der Waals surface area contributed by atoms with Crippen molar-refractivity contribution in [2.24, 2.45) is 0 Å². The van der Waals surface area contributed by atoms with Crippen LogP contribution in [0.2, 0.25) is 0 Å². The van der Waals surface area contributed by atoms with E-state index in [2.05, 4.69) is 4.74 Å². The van der Waals surface area contributed by atoms with Gasteiger partial charge in [-0.2, -0.15) is 0 Å². The smallest absolute Gasteiger partial charge is 0.337 e. The van der Waals surface area contributed by atoms with Gasteiger partial charge in [0.25, 0.3) is 0 Å². The van der Waals surface area contributed by atoms with E-state index in [0.29, 0.717) is 22.4 Å². The number of benzene rings is 1. The van der Waals surface area contributed by atoms with Crippen molar-refractivity contribution < 1.29 is 22.7 Å². The highest BCUT2D eigenvalue weighted by atomic mass is 35.7. The summed E-state index contributed by atoms with van der Waals surface area (Å²) >= 11 is 0. The lowest BCUT2D eigenvalue weighted by Crippen LogP contribution is -2.28. The van der Waals surface area contributed by atoms with Crippen molar-refractivity contribution in [2.45, 2.75) is 25.5 Å². The van der Waals surface area contributed by atoms with Gasteiger partial charge in [0, 0.05) is 29.3 Å². The Labute approximate surface area is 133 Å². The number of esters is 1. The molecule has 6 nitrogen and oxygen atoms in total. The molecule has 0 N–H and O–H groups in total. The molecule has 0 bridgehead atoms. The molecule has 0 spiro atoms. The van der Waals surface area contributed by atoms with E-state index in [9.17, 15) is 18.0 Å². The van der Waals surface area contributed by atoms with Crippen LogP contribution in [-0.2, 0) is 18.6 Å². The number of hydrogen-bond donors (Lipinski definition) is 0. The summed E-state index contributed by atoms with van der Waals surface area (Å²) in [4.78, 5) is 25.1. The highest BCUT2D eigenvalue weighted by molar-refractivity contribution is 8.14. The zero-order chi connectivity index (χ0) is 16.7. The minimum absolute atomic E-state index is 0.0178. The quantitative estimate of drug-likeness (QED) is 0.616. The fraction of sp³-hybridized carbons (Fsp3) is 0.429. The molecule has 1 saturated heterocycles. The third-order valence-electron chi connectivity index (χ3n) is 3.67. The van der Waals surface area contributed by atoms with Gasteiger partial charge in [-0.15, -0.1) is 0 Å². The maximum absolute atomic E-state index is 12.1. The molecule has 0 aliphatic carbocycles. The van der Waals surface area contributed by atoms with Crippen LogP contribution in [0, 0.1) is 13.8 Å². The van der Waals surface area contributed by atoms with Crippen molar-refractivity contribution in [3.8, 4) is 0 Å². The van der Waals surface area contributed by atoms with Gasteiger partial charge in [0.1, 0.15) is 5.25 Å². The summed E-state index contributed by atoms with van der Waals surface area (Å²) in [7, 11) is 2.86. The van der Waals surface area contributed by atoms with Gasteiger partial charge >= 0.3 is 5.97 Å². The number of rotatable bonds is 3. The molecule has 1 atom stereocenters. The average molecular weight is 346 g/mol. The van der Waals surface area contributed by atoms with Gasteiger partial charge in [0.05, 0.1) is 12.7 Å². The molecule has 0 saturated carbocycles. The van der Waals surface area contributed by atoms with Crippen LogP contribution in [0.4, 0.5) is 5.69 Å². The molecule has 22 heavy (non-hydrogen) atoms. The second-order valence-electron chi connectivity index (χ2n) is 5.26. The van der Waals surface area contributed by atoms with Crippen LogP contribution in [-0.4, -0.2) is 39.2 Å². The third-order valence-corrected chi connectivity index (χ3v) is 5.54. The highest BCUT2D eigenvalue weighted by Crippen LogP contribution is 2.32. The molecule has 2 rings (SSSR count). The van der Waals surface area contributed by atoms with Gasteiger partial charge in [-0.1, -0.05) is 0 Å². The summed E-state index contributed by atoms with van der Waals surface area (Å²) in [6.45, 7) is 3.53. The second kappa shape index (κ2) is 5.89. The normalized spacial score (nSPS) is 18.6. The highest BCUT2D eigenvalue weighted by Gasteiger charge is 2.39. The number of halogens is 1. The maximum Gasteiger partial charge on any atom is 0.337 e. The van der Waals surface area contributed by atoms with Crippen LogP contribution >= 0.6 is 10.7 Å². The predicted octanol–water partition coefficient (Wildman–Crippen LogP) is 1.76. The van der Waals surface area contributed by atoms with Crippen LogP contribution in [0.3, 0.4) is 0 Å². The van der Waals surface area contributed by atoms with Gasteiger partial charge in [0.2, 0.25) is 15.0 Å². The molecule has 1 aromatic rings. The Hall–Kier alpha value is -1.60. The number of carbonyl (C=O) groups excluding carboxylic acids is 2. The Morgan fingerprint density at radius 1 is 1.32 bits per heavy atom. The number of aryl methyl sites for hydroxylation is 2. The second-order valence-corrected chi connectivity index (χ2v) is 8.16. The van der Waals surface area contributed by atoms with Crippen molar-refractivity contribution in [1.29, 1.82) is 0 Å². The molecule has 1 fully saturated rings. The van der Waals surface area contributed by atoms with E-state index in [1.54, 1.807) is 26.0 Å². The number of amides is 1. The van der Waals surface area contributed by atoms with Crippen LogP contribution in [0.5, 0.6) is 0 Å². The molecule has 0 aromatic heterocycles. The summed E-state index contributed by atoms with van der Waals surface area (Å²) in [5, 5.41) is -0.916. The van der Waals surface area contributed by atoms with Gasteiger partial charge in [-0.05, 0) is 37.1 Å². The van der Waals surface area contributed by atoms with E-state index in [-0.39, 0.29) is 18.9 Å². The number of nitrogens with zero attached hydrogens (tertiary/aromatic N) is 1. The summed E-state index contributed by atoms with van der Waals surface area (Å²) in [5.74, 6) is -0.766. The average Bonchev–Trinajstić information content (AvgIpc) is 2.79. The molecule has 8 heteroatoms. The Morgan fingerprint density at radius 3 is 2.27 bits per heavy atom. The Kier molecular flexibility index (Phi) is 4.49. The Balaban J connectivity index is 2.42. The van der Waals surface area contributed by atoms with Crippen LogP contribution in [0.1, 0.15) is 27.9 Å². The van der Waals surface area contributed by atoms with Crippen molar-refractivity contribution in [1.82, 2.24) is 0 Å².